The smallest absolute Gasteiger partial charge is 0.422 e. The molecule has 14 nitrogen and oxygen atoms in total. The summed E-state index contributed by atoms with van der Waals surface area (Å²) in [6.45, 7) is 5.11. The van der Waals surface area contributed by atoms with Crippen molar-refractivity contribution in [2.75, 3.05) is 26.4 Å². The number of nitrogens with zero attached hydrogens (tertiary/aromatic N) is 6. The van der Waals surface area contributed by atoms with Gasteiger partial charge in [-0.15, -0.1) is 0 Å². The Morgan fingerprint density at radius 1 is 0.854 bits per heavy atom. The van der Waals surface area contributed by atoms with E-state index >= 15 is 0 Å². The Kier molecular flexibility index (Phi) is 10.2. The van der Waals surface area contributed by atoms with Crippen molar-refractivity contribution < 1.29 is 33.2 Å². The Morgan fingerprint density at radius 2 is 1.41 bits per heavy atom. The first-order valence-electron chi connectivity index (χ1n) is 12.8. The SMILES string of the molecule is CCOCC/C(=N\OC(=O)n1ccnc1)c1cc2c(/C(CCOCC)=N/OC(=O)n3ccnc3)cccc2oc1=O. The van der Waals surface area contributed by atoms with Crippen molar-refractivity contribution in [2.24, 2.45) is 10.3 Å². The van der Waals surface area contributed by atoms with Gasteiger partial charge in [-0.2, -0.15) is 0 Å². The summed E-state index contributed by atoms with van der Waals surface area (Å²) >= 11 is 0. The zero-order valence-electron chi connectivity index (χ0n) is 22.5. The Balaban J connectivity index is 1.74. The van der Waals surface area contributed by atoms with Crippen LogP contribution in [0.25, 0.3) is 11.0 Å². The number of carbonyl (C=O) groups excluding carboxylic acids is 2. The minimum atomic E-state index is -0.813. The maximum absolute atomic E-state index is 13.0. The number of ether oxygens (including phenoxy) is 2. The van der Waals surface area contributed by atoms with Crippen LogP contribution in [-0.4, -0.2) is 69.1 Å². The van der Waals surface area contributed by atoms with Crippen LogP contribution < -0.4 is 5.63 Å². The van der Waals surface area contributed by atoms with Crippen LogP contribution in [0.1, 0.15) is 37.8 Å². The molecule has 0 aliphatic heterocycles. The highest BCUT2D eigenvalue weighted by molar-refractivity contribution is 6.11. The molecule has 3 aromatic heterocycles. The van der Waals surface area contributed by atoms with Crippen molar-refractivity contribution in [2.45, 2.75) is 26.7 Å². The second-order valence-corrected chi connectivity index (χ2v) is 8.29. The molecule has 0 aliphatic rings. The molecule has 0 N–H and O–H groups in total. The van der Waals surface area contributed by atoms with Crippen LogP contribution >= 0.6 is 0 Å². The lowest BCUT2D eigenvalue weighted by Crippen LogP contribution is -2.19. The third-order valence-electron chi connectivity index (χ3n) is 5.67. The molecule has 41 heavy (non-hydrogen) atoms. The predicted octanol–water partition coefficient (Wildman–Crippen LogP) is 3.82. The van der Waals surface area contributed by atoms with E-state index in [-0.39, 0.29) is 36.3 Å². The highest BCUT2D eigenvalue weighted by Gasteiger charge is 2.19. The lowest BCUT2D eigenvalue weighted by Gasteiger charge is -2.11. The number of benzene rings is 1. The van der Waals surface area contributed by atoms with Crippen molar-refractivity contribution >= 4 is 34.6 Å². The topological polar surface area (TPSA) is 162 Å². The van der Waals surface area contributed by atoms with E-state index in [9.17, 15) is 14.4 Å². The molecule has 0 radical (unpaired) electrons. The summed E-state index contributed by atoms with van der Waals surface area (Å²) < 4.78 is 18.8. The average Bonchev–Trinajstić information content (AvgIpc) is 3.71. The summed E-state index contributed by atoms with van der Waals surface area (Å²) in [6, 6.07) is 6.63. The molecule has 0 saturated heterocycles. The molecule has 0 fully saturated rings. The molecule has 0 spiro atoms. The molecule has 3 heterocycles. The van der Waals surface area contributed by atoms with Crippen LogP contribution in [0.2, 0.25) is 0 Å². The number of aromatic nitrogens is 4. The molecule has 214 valence electrons. The monoisotopic (exact) mass is 564 g/mol. The Bertz CT molecular complexity index is 1580. The van der Waals surface area contributed by atoms with Gasteiger partial charge in [0.05, 0.1) is 30.2 Å². The van der Waals surface area contributed by atoms with Crippen LogP contribution in [0, 0.1) is 0 Å². The molecule has 4 aromatic rings. The Labute approximate surface area is 233 Å². The van der Waals surface area contributed by atoms with Crippen molar-refractivity contribution in [3.8, 4) is 0 Å². The fraction of sp³-hybridized carbons (Fsp3) is 0.296. The normalized spacial score (nSPS) is 12.0. The lowest BCUT2D eigenvalue weighted by molar-refractivity contribution is 0.146. The molecule has 14 heteroatoms. The maximum atomic E-state index is 13.0. The van der Waals surface area contributed by atoms with Gasteiger partial charge in [-0.25, -0.2) is 33.5 Å². The molecule has 0 aliphatic carbocycles. The fourth-order valence-corrected chi connectivity index (χ4v) is 3.69. The van der Waals surface area contributed by atoms with Crippen LogP contribution in [-0.2, 0) is 19.1 Å². The number of oxime groups is 2. The van der Waals surface area contributed by atoms with Gasteiger partial charge in [0.2, 0.25) is 0 Å². The molecule has 0 bridgehead atoms. The van der Waals surface area contributed by atoms with E-state index in [0.29, 0.717) is 36.5 Å². The number of hydrogen-bond acceptors (Lipinski definition) is 12. The van der Waals surface area contributed by atoms with Crippen molar-refractivity contribution in [1.29, 1.82) is 0 Å². The largest absolute Gasteiger partial charge is 0.445 e. The van der Waals surface area contributed by atoms with Crippen molar-refractivity contribution in [3.05, 3.63) is 83.3 Å². The van der Waals surface area contributed by atoms with Gasteiger partial charge in [0.15, 0.2) is 0 Å². The van der Waals surface area contributed by atoms with Gasteiger partial charge in [-0.05, 0) is 26.0 Å². The van der Waals surface area contributed by atoms with Crippen molar-refractivity contribution in [1.82, 2.24) is 19.1 Å². The Hall–Kier alpha value is -4.95. The van der Waals surface area contributed by atoms with E-state index in [2.05, 4.69) is 20.3 Å². The van der Waals surface area contributed by atoms with Crippen LogP contribution in [0.3, 0.4) is 0 Å². The summed E-state index contributed by atoms with van der Waals surface area (Å²) in [4.78, 5) is 55.6. The predicted molar refractivity (Wildman–Crippen MR) is 146 cm³/mol. The first-order chi connectivity index (χ1) is 20.0. The molecule has 0 amide bonds. The highest BCUT2D eigenvalue weighted by Crippen LogP contribution is 2.22. The van der Waals surface area contributed by atoms with Gasteiger partial charge in [-0.3, -0.25) is 9.68 Å². The highest BCUT2D eigenvalue weighted by atomic mass is 16.7. The van der Waals surface area contributed by atoms with E-state index in [4.69, 9.17) is 23.6 Å². The van der Waals surface area contributed by atoms with Crippen molar-refractivity contribution in [3.63, 3.8) is 0 Å². The van der Waals surface area contributed by atoms with Gasteiger partial charge in [0.25, 0.3) is 0 Å². The average molecular weight is 565 g/mol. The third-order valence-corrected chi connectivity index (χ3v) is 5.67. The minimum Gasteiger partial charge on any atom is -0.422 e. The standard InChI is InChI=1S/C27H28N6O8/c1-3-37-14-8-22(30-40-26(35)32-12-10-28-17-32)19-6-5-7-24-20(19)16-21(25(34)39-24)23(9-15-38-4-2)31-41-27(36)33-13-11-29-18-33/h5-7,10-13,16-18H,3-4,8-9,14-15H2,1-2H3/b30-22+,31-23+. The van der Waals surface area contributed by atoms with E-state index in [0.717, 1.165) is 9.13 Å². The summed E-state index contributed by atoms with van der Waals surface area (Å²) in [5.74, 6) is 0. The van der Waals surface area contributed by atoms with Gasteiger partial charge in [-0.1, -0.05) is 22.4 Å². The van der Waals surface area contributed by atoms with E-state index in [1.54, 1.807) is 24.3 Å². The second kappa shape index (κ2) is 14.4. The van der Waals surface area contributed by atoms with Gasteiger partial charge in [0.1, 0.15) is 18.2 Å². The minimum absolute atomic E-state index is 0.0580. The number of fused-ring (bicyclic) bond motifs is 1. The number of hydrogen-bond donors (Lipinski definition) is 0. The summed E-state index contributed by atoms with van der Waals surface area (Å²) in [5, 5.41) is 8.56. The van der Waals surface area contributed by atoms with Crippen LogP contribution in [0.4, 0.5) is 9.59 Å². The molecule has 0 saturated carbocycles. The molecule has 0 unspecified atom stereocenters. The van der Waals surface area contributed by atoms with E-state index in [1.807, 2.05) is 13.8 Å². The maximum Gasteiger partial charge on any atom is 0.445 e. The molecular formula is C27H28N6O8. The zero-order chi connectivity index (χ0) is 29.0. The summed E-state index contributed by atoms with van der Waals surface area (Å²) in [7, 11) is 0. The molecule has 1 aromatic carbocycles. The Morgan fingerprint density at radius 3 is 1.93 bits per heavy atom. The number of carbonyl (C=O) groups is 2. The number of imidazole rings is 2. The molecule has 0 atom stereocenters. The lowest BCUT2D eigenvalue weighted by atomic mass is 10.00. The molecule has 4 rings (SSSR count). The zero-order valence-corrected chi connectivity index (χ0v) is 22.5. The van der Waals surface area contributed by atoms with Gasteiger partial charge in [0, 0.05) is 61.8 Å². The third kappa shape index (κ3) is 7.58. The van der Waals surface area contributed by atoms with Crippen LogP contribution in [0.15, 0.2) is 81.2 Å². The first-order valence-corrected chi connectivity index (χ1v) is 12.8. The first kappa shape index (κ1) is 29.0. The summed E-state index contributed by atoms with van der Waals surface area (Å²) in [5.41, 5.74) is 0.671. The second-order valence-electron chi connectivity index (χ2n) is 8.29. The van der Waals surface area contributed by atoms with E-state index < -0.39 is 17.8 Å². The molecular weight excluding hydrogens is 536 g/mol. The number of rotatable bonds is 12. The fourth-order valence-electron chi connectivity index (χ4n) is 3.69. The van der Waals surface area contributed by atoms with Gasteiger partial charge >= 0.3 is 17.8 Å². The van der Waals surface area contributed by atoms with Crippen LogP contribution in [0.5, 0.6) is 0 Å². The van der Waals surface area contributed by atoms with Gasteiger partial charge < -0.3 is 13.9 Å². The summed E-state index contributed by atoms with van der Waals surface area (Å²) in [6.07, 6.45) is 7.10. The van der Waals surface area contributed by atoms with E-state index in [1.165, 1.54) is 37.4 Å². The quantitative estimate of drug-likeness (QED) is 0.0813.